The molecule has 0 saturated carbocycles. The molecule has 0 bridgehead atoms. The molecule has 0 aromatic rings. The minimum atomic E-state index is -2.62. The molecule has 6 heteroatoms. The van der Waals surface area contributed by atoms with Crippen LogP contribution in [0.15, 0.2) is 0 Å². The molecule has 0 aliphatic heterocycles. The average Bonchev–Trinajstić information content (AvgIpc) is 1.87. The normalized spacial score (nSPS) is 16.5. The Kier molecular flexibility index (Phi) is 3.37. The Hall–Kier alpha value is -0.720. The monoisotopic (exact) mass is 165 g/mol. The summed E-state index contributed by atoms with van der Waals surface area (Å²) in [6.07, 6.45) is -2.32. The van der Waals surface area contributed by atoms with Crippen molar-refractivity contribution in [2.45, 2.75) is 31.8 Å². The fourth-order valence-corrected chi connectivity index (χ4v) is 0.683. The smallest absolute Gasteiger partial charge is 0.360 e. The first-order valence-electron chi connectivity index (χ1n) is 3.18. The van der Waals surface area contributed by atoms with Gasteiger partial charge in [0.15, 0.2) is 0 Å². The standard InChI is InChI=1S/C5H11NO5/c1-2-3-5(9,4(7)8)6(10)11/h4,7-9H,2-3H2,1H3. The molecule has 0 radical (unpaired) electrons. The Morgan fingerprint density at radius 1 is 1.64 bits per heavy atom. The van der Waals surface area contributed by atoms with Gasteiger partial charge in [0.25, 0.3) is 6.29 Å². The van der Waals surface area contributed by atoms with Crippen LogP contribution in [0.25, 0.3) is 0 Å². The molecule has 0 aromatic carbocycles. The maximum atomic E-state index is 10.1. The van der Waals surface area contributed by atoms with Crippen LogP contribution in [-0.2, 0) is 0 Å². The van der Waals surface area contributed by atoms with Crippen LogP contribution in [0.4, 0.5) is 0 Å². The minimum absolute atomic E-state index is 0.280. The van der Waals surface area contributed by atoms with Gasteiger partial charge in [-0.1, -0.05) is 6.92 Å². The molecule has 66 valence electrons. The number of nitrogens with zero attached hydrogens (tertiary/aromatic N) is 1. The van der Waals surface area contributed by atoms with Crippen LogP contribution in [-0.4, -0.2) is 32.3 Å². The zero-order chi connectivity index (χ0) is 9.07. The maximum absolute atomic E-state index is 10.1. The molecule has 0 spiro atoms. The Balaban J connectivity index is 4.38. The number of hydrogen-bond acceptors (Lipinski definition) is 5. The van der Waals surface area contributed by atoms with Gasteiger partial charge in [0, 0.05) is 0 Å². The predicted molar refractivity (Wildman–Crippen MR) is 35.1 cm³/mol. The SMILES string of the molecule is CCCC(O)(C(O)O)[N+](=O)[O-]. The van der Waals surface area contributed by atoms with Gasteiger partial charge in [0.05, 0.1) is 11.3 Å². The van der Waals surface area contributed by atoms with Gasteiger partial charge >= 0.3 is 5.72 Å². The number of aliphatic hydroxyl groups is 3. The summed E-state index contributed by atoms with van der Waals surface area (Å²) in [6, 6.07) is 0. The van der Waals surface area contributed by atoms with Gasteiger partial charge in [0.1, 0.15) is 0 Å². The summed E-state index contributed by atoms with van der Waals surface area (Å²) in [5, 5.41) is 35.9. The second-order valence-corrected chi connectivity index (χ2v) is 2.26. The fourth-order valence-electron chi connectivity index (χ4n) is 0.683. The summed E-state index contributed by atoms with van der Waals surface area (Å²) in [5.41, 5.74) is -2.62. The summed E-state index contributed by atoms with van der Waals surface area (Å²) in [6.45, 7) is 1.59. The van der Waals surface area contributed by atoms with Crippen LogP contribution in [0.1, 0.15) is 19.8 Å². The average molecular weight is 165 g/mol. The minimum Gasteiger partial charge on any atom is -0.360 e. The molecule has 0 aliphatic rings. The lowest BCUT2D eigenvalue weighted by Gasteiger charge is -2.19. The van der Waals surface area contributed by atoms with Gasteiger partial charge in [-0.15, -0.1) is 0 Å². The van der Waals surface area contributed by atoms with Crippen molar-refractivity contribution < 1.29 is 20.2 Å². The van der Waals surface area contributed by atoms with E-state index in [1.807, 2.05) is 0 Å². The Labute approximate surface area is 63.2 Å². The third-order valence-electron chi connectivity index (χ3n) is 1.35. The Bertz CT molecular complexity index is 148. The third kappa shape index (κ3) is 2.11. The van der Waals surface area contributed by atoms with E-state index in [4.69, 9.17) is 15.3 Å². The molecule has 0 fully saturated rings. The van der Waals surface area contributed by atoms with Crippen molar-refractivity contribution in [2.75, 3.05) is 0 Å². The molecule has 0 amide bonds. The molecule has 3 N–H and O–H groups in total. The molecule has 1 unspecified atom stereocenters. The second-order valence-electron chi connectivity index (χ2n) is 2.26. The first-order chi connectivity index (χ1) is 4.95. The second kappa shape index (κ2) is 3.61. The van der Waals surface area contributed by atoms with Crippen molar-refractivity contribution in [3.8, 4) is 0 Å². The van der Waals surface area contributed by atoms with Gasteiger partial charge < -0.3 is 15.3 Å². The number of nitro groups is 1. The van der Waals surface area contributed by atoms with E-state index in [0.29, 0.717) is 6.42 Å². The van der Waals surface area contributed by atoms with Crippen LogP contribution >= 0.6 is 0 Å². The van der Waals surface area contributed by atoms with Gasteiger partial charge in [-0.05, 0) is 6.42 Å². The van der Waals surface area contributed by atoms with E-state index >= 15 is 0 Å². The topological polar surface area (TPSA) is 104 Å². The summed E-state index contributed by atoms with van der Waals surface area (Å²) < 4.78 is 0. The van der Waals surface area contributed by atoms with E-state index in [0.717, 1.165) is 0 Å². The Morgan fingerprint density at radius 3 is 2.18 bits per heavy atom. The summed E-state index contributed by atoms with van der Waals surface area (Å²) in [5.74, 6) is 0. The van der Waals surface area contributed by atoms with Crippen molar-refractivity contribution in [1.82, 2.24) is 0 Å². The highest BCUT2D eigenvalue weighted by Crippen LogP contribution is 2.16. The van der Waals surface area contributed by atoms with Crippen molar-refractivity contribution >= 4 is 0 Å². The first-order valence-corrected chi connectivity index (χ1v) is 3.18. The highest BCUT2D eigenvalue weighted by Gasteiger charge is 2.46. The molecule has 6 nitrogen and oxygen atoms in total. The number of hydrogen-bond donors (Lipinski definition) is 3. The summed E-state index contributed by atoms with van der Waals surface area (Å²) in [7, 11) is 0. The highest BCUT2D eigenvalue weighted by atomic mass is 16.7. The first kappa shape index (κ1) is 10.3. The van der Waals surface area contributed by atoms with Crippen molar-refractivity contribution in [3.05, 3.63) is 10.1 Å². The van der Waals surface area contributed by atoms with Gasteiger partial charge in [-0.2, -0.15) is 0 Å². The molecular formula is C5H11NO5. The predicted octanol–water partition coefficient (Wildman–Crippen LogP) is -0.938. The van der Waals surface area contributed by atoms with Crippen molar-refractivity contribution in [1.29, 1.82) is 0 Å². The number of rotatable bonds is 4. The van der Waals surface area contributed by atoms with Crippen LogP contribution in [0, 0.1) is 10.1 Å². The molecule has 1 atom stereocenters. The third-order valence-corrected chi connectivity index (χ3v) is 1.35. The van der Waals surface area contributed by atoms with Gasteiger partial charge in [0.2, 0.25) is 0 Å². The maximum Gasteiger partial charge on any atom is 0.372 e. The van der Waals surface area contributed by atoms with Gasteiger partial charge in [-0.25, -0.2) is 0 Å². The van der Waals surface area contributed by atoms with Crippen LogP contribution < -0.4 is 0 Å². The van der Waals surface area contributed by atoms with E-state index < -0.39 is 16.9 Å². The highest BCUT2D eigenvalue weighted by molar-refractivity contribution is 4.66. The van der Waals surface area contributed by atoms with Gasteiger partial charge in [-0.3, -0.25) is 10.1 Å². The van der Waals surface area contributed by atoms with E-state index in [1.54, 1.807) is 6.92 Å². The largest absolute Gasteiger partial charge is 0.372 e. The molecule has 0 rings (SSSR count). The molecule has 0 heterocycles. The van der Waals surface area contributed by atoms with E-state index in [-0.39, 0.29) is 6.42 Å². The van der Waals surface area contributed by atoms with Crippen LogP contribution in [0.5, 0.6) is 0 Å². The quantitative estimate of drug-likeness (QED) is 0.283. The van der Waals surface area contributed by atoms with Crippen molar-refractivity contribution in [2.24, 2.45) is 0 Å². The van der Waals surface area contributed by atoms with E-state index in [1.165, 1.54) is 0 Å². The van der Waals surface area contributed by atoms with Crippen LogP contribution in [0.3, 0.4) is 0 Å². The lowest BCUT2D eigenvalue weighted by molar-refractivity contribution is -0.651. The van der Waals surface area contributed by atoms with E-state index in [9.17, 15) is 10.1 Å². The summed E-state index contributed by atoms with van der Waals surface area (Å²) >= 11 is 0. The molecule has 0 aromatic heterocycles. The Morgan fingerprint density at radius 2 is 2.09 bits per heavy atom. The number of aliphatic hydroxyl groups excluding tert-OH is 1. The summed E-state index contributed by atoms with van der Waals surface area (Å²) in [4.78, 5) is 8.99. The lowest BCUT2D eigenvalue weighted by Crippen LogP contribution is -2.49. The molecule has 11 heavy (non-hydrogen) atoms. The zero-order valence-electron chi connectivity index (χ0n) is 6.10. The zero-order valence-corrected chi connectivity index (χ0v) is 6.10. The molecular weight excluding hydrogens is 154 g/mol. The van der Waals surface area contributed by atoms with E-state index in [2.05, 4.69) is 0 Å². The molecule has 0 aliphatic carbocycles. The molecule has 0 saturated heterocycles. The van der Waals surface area contributed by atoms with Crippen LogP contribution in [0.2, 0.25) is 0 Å². The van der Waals surface area contributed by atoms with Crippen molar-refractivity contribution in [3.63, 3.8) is 0 Å². The lowest BCUT2D eigenvalue weighted by atomic mass is 10.1. The fraction of sp³-hybridized carbons (Fsp3) is 1.00.